The molecule has 4 nitrogen and oxygen atoms in total. The van der Waals surface area contributed by atoms with Crippen molar-refractivity contribution in [2.75, 3.05) is 19.2 Å². The van der Waals surface area contributed by atoms with Gasteiger partial charge in [-0.2, -0.15) is 0 Å². The van der Waals surface area contributed by atoms with Crippen molar-refractivity contribution in [2.45, 2.75) is 0 Å². The zero-order valence-corrected chi connectivity index (χ0v) is 9.97. The molecule has 3 rings (SSSR count). The van der Waals surface area contributed by atoms with Crippen LogP contribution in [-0.4, -0.2) is 13.9 Å². The van der Waals surface area contributed by atoms with Crippen LogP contribution in [0.25, 0.3) is 0 Å². The van der Waals surface area contributed by atoms with E-state index in [1.807, 2.05) is 42.5 Å². The number of fused-ring (bicyclic) bond motifs is 1. The van der Waals surface area contributed by atoms with Crippen LogP contribution in [0, 0.1) is 0 Å². The summed E-state index contributed by atoms with van der Waals surface area (Å²) < 4.78 is 16.1. The third-order valence-electron chi connectivity index (χ3n) is 2.77. The molecule has 1 heterocycles. The maximum atomic E-state index is 5.45. The lowest BCUT2D eigenvalue weighted by Gasteiger charge is -2.12. The van der Waals surface area contributed by atoms with E-state index in [1.165, 1.54) is 0 Å². The number of anilines is 2. The van der Waals surface area contributed by atoms with E-state index in [2.05, 4.69) is 5.32 Å². The average molecular weight is 243 g/mol. The van der Waals surface area contributed by atoms with Crippen LogP contribution in [0.2, 0.25) is 0 Å². The predicted octanol–water partition coefficient (Wildman–Crippen LogP) is 3.17. The van der Waals surface area contributed by atoms with Crippen LogP contribution in [0.4, 0.5) is 11.4 Å². The fourth-order valence-electron chi connectivity index (χ4n) is 1.92. The number of para-hydroxylation sites is 3. The van der Waals surface area contributed by atoms with Gasteiger partial charge >= 0.3 is 0 Å². The molecule has 18 heavy (non-hydrogen) atoms. The number of nitrogens with one attached hydrogen (secondary N) is 1. The topological polar surface area (TPSA) is 39.7 Å². The van der Waals surface area contributed by atoms with Crippen molar-refractivity contribution < 1.29 is 14.2 Å². The second kappa shape index (κ2) is 4.49. The molecular weight excluding hydrogens is 230 g/mol. The van der Waals surface area contributed by atoms with E-state index in [9.17, 15) is 0 Å². The average Bonchev–Trinajstić information content (AvgIpc) is 2.89. The lowest BCUT2D eigenvalue weighted by atomic mass is 10.2. The first-order chi connectivity index (χ1) is 8.88. The Morgan fingerprint density at radius 3 is 2.72 bits per heavy atom. The van der Waals surface area contributed by atoms with Gasteiger partial charge in [0.2, 0.25) is 6.79 Å². The van der Waals surface area contributed by atoms with Gasteiger partial charge in [0.15, 0.2) is 11.5 Å². The Balaban J connectivity index is 1.95. The van der Waals surface area contributed by atoms with Crippen molar-refractivity contribution in [3.8, 4) is 17.2 Å². The summed E-state index contributed by atoms with van der Waals surface area (Å²) in [6, 6.07) is 13.5. The Kier molecular flexibility index (Phi) is 2.68. The van der Waals surface area contributed by atoms with E-state index < -0.39 is 0 Å². The van der Waals surface area contributed by atoms with Gasteiger partial charge in [-0.15, -0.1) is 0 Å². The van der Waals surface area contributed by atoms with E-state index in [0.717, 1.165) is 28.6 Å². The summed E-state index contributed by atoms with van der Waals surface area (Å²) in [5, 5.41) is 3.29. The molecule has 0 saturated carbocycles. The highest BCUT2D eigenvalue weighted by molar-refractivity contribution is 5.73. The second-order valence-corrected chi connectivity index (χ2v) is 3.86. The molecule has 0 aromatic heterocycles. The predicted molar refractivity (Wildman–Crippen MR) is 68.8 cm³/mol. The van der Waals surface area contributed by atoms with Gasteiger partial charge in [0.05, 0.1) is 18.5 Å². The van der Waals surface area contributed by atoms with Crippen LogP contribution >= 0.6 is 0 Å². The Hall–Kier alpha value is -2.36. The smallest absolute Gasteiger partial charge is 0.231 e. The summed E-state index contributed by atoms with van der Waals surface area (Å²) in [7, 11) is 1.65. The van der Waals surface area contributed by atoms with Crippen molar-refractivity contribution in [3.63, 3.8) is 0 Å². The third kappa shape index (κ3) is 1.82. The number of hydrogen-bond acceptors (Lipinski definition) is 4. The molecule has 92 valence electrons. The van der Waals surface area contributed by atoms with Gasteiger partial charge in [-0.05, 0) is 24.3 Å². The van der Waals surface area contributed by atoms with E-state index in [0.29, 0.717) is 0 Å². The summed E-state index contributed by atoms with van der Waals surface area (Å²) in [6.07, 6.45) is 0. The monoisotopic (exact) mass is 243 g/mol. The van der Waals surface area contributed by atoms with Gasteiger partial charge in [-0.1, -0.05) is 18.2 Å². The number of rotatable bonds is 3. The van der Waals surface area contributed by atoms with Crippen LogP contribution in [0.3, 0.4) is 0 Å². The zero-order chi connectivity index (χ0) is 12.4. The molecule has 1 aliphatic heterocycles. The van der Waals surface area contributed by atoms with Gasteiger partial charge in [0.1, 0.15) is 5.75 Å². The fraction of sp³-hybridized carbons (Fsp3) is 0.143. The molecule has 0 radical (unpaired) electrons. The van der Waals surface area contributed by atoms with Crippen molar-refractivity contribution in [1.29, 1.82) is 0 Å². The largest absolute Gasteiger partial charge is 0.495 e. The molecule has 0 aliphatic carbocycles. The van der Waals surface area contributed by atoms with Gasteiger partial charge in [0.25, 0.3) is 0 Å². The Morgan fingerprint density at radius 1 is 1.00 bits per heavy atom. The van der Waals surface area contributed by atoms with Crippen molar-refractivity contribution in [1.82, 2.24) is 0 Å². The molecule has 2 aromatic carbocycles. The van der Waals surface area contributed by atoms with Gasteiger partial charge in [-0.3, -0.25) is 0 Å². The molecule has 1 N–H and O–H groups in total. The Bertz CT molecular complexity index is 569. The summed E-state index contributed by atoms with van der Waals surface area (Å²) in [6.45, 7) is 0.264. The van der Waals surface area contributed by atoms with Gasteiger partial charge in [-0.25, -0.2) is 0 Å². The first-order valence-electron chi connectivity index (χ1n) is 5.67. The molecule has 0 bridgehead atoms. The molecule has 0 fully saturated rings. The van der Waals surface area contributed by atoms with Crippen LogP contribution in [0.15, 0.2) is 42.5 Å². The van der Waals surface area contributed by atoms with Crippen LogP contribution in [0.1, 0.15) is 0 Å². The van der Waals surface area contributed by atoms with E-state index in [-0.39, 0.29) is 6.79 Å². The zero-order valence-electron chi connectivity index (χ0n) is 9.97. The van der Waals surface area contributed by atoms with Gasteiger partial charge < -0.3 is 19.5 Å². The molecular formula is C14H13NO3. The molecule has 0 unspecified atom stereocenters. The number of hydrogen-bond donors (Lipinski definition) is 1. The highest BCUT2D eigenvalue weighted by Gasteiger charge is 2.17. The minimum atomic E-state index is 0.264. The summed E-state index contributed by atoms with van der Waals surface area (Å²) in [5.41, 5.74) is 1.76. The second-order valence-electron chi connectivity index (χ2n) is 3.86. The lowest BCUT2D eigenvalue weighted by Crippen LogP contribution is -1.97. The highest BCUT2D eigenvalue weighted by atomic mass is 16.7. The molecule has 0 amide bonds. The maximum Gasteiger partial charge on any atom is 0.231 e. The summed E-state index contributed by atoms with van der Waals surface area (Å²) in [5.74, 6) is 2.28. The number of methoxy groups -OCH3 is 1. The molecule has 0 atom stereocenters. The van der Waals surface area contributed by atoms with Gasteiger partial charge in [0, 0.05) is 0 Å². The fourth-order valence-corrected chi connectivity index (χ4v) is 1.92. The van der Waals surface area contributed by atoms with Crippen molar-refractivity contribution in [3.05, 3.63) is 42.5 Å². The number of benzene rings is 2. The minimum absolute atomic E-state index is 0.264. The molecule has 1 aliphatic rings. The third-order valence-corrected chi connectivity index (χ3v) is 2.77. The van der Waals surface area contributed by atoms with E-state index >= 15 is 0 Å². The van der Waals surface area contributed by atoms with E-state index in [4.69, 9.17) is 14.2 Å². The standard InChI is InChI=1S/C14H13NO3/c1-16-12-7-3-2-5-10(12)15-11-6-4-8-13-14(11)18-9-17-13/h2-8,15H,9H2,1H3. The van der Waals surface area contributed by atoms with Crippen LogP contribution < -0.4 is 19.5 Å². The first-order valence-corrected chi connectivity index (χ1v) is 5.67. The Morgan fingerprint density at radius 2 is 1.83 bits per heavy atom. The highest BCUT2D eigenvalue weighted by Crippen LogP contribution is 2.41. The Labute approximate surface area is 105 Å². The molecule has 0 spiro atoms. The van der Waals surface area contributed by atoms with Crippen LogP contribution in [-0.2, 0) is 0 Å². The van der Waals surface area contributed by atoms with Crippen LogP contribution in [0.5, 0.6) is 17.2 Å². The SMILES string of the molecule is COc1ccccc1Nc1cccc2c1OCO2. The minimum Gasteiger partial charge on any atom is -0.495 e. The first kappa shape index (κ1) is 10.8. The van der Waals surface area contributed by atoms with Crippen molar-refractivity contribution in [2.24, 2.45) is 0 Å². The quantitative estimate of drug-likeness (QED) is 0.898. The lowest BCUT2D eigenvalue weighted by molar-refractivity contribution is 0.174. The molecule has 4 heteroatoms. The van der Waals surface area contributed by atoms with E-state index in [1.54, 1.807) is 7.11 Å². The molecule has 0 saturated heterocycles. The summed E-state index contributed by atoms with van der Waals surface area (Å²) >= 11 is 0. The normalized spacial score (nSPS) is 12.3. The maximum absolute atomic E-state index is 5.45. The van der Waals surface area contributed by atoms with Crippen molar-refractivity contribution >= 4 is 11.4 Å². The number of ether oxygens (including phenoxy) is 3. The molecule has 2 aromatic rings. The summed E-state index contributed by atoms with van der Waals surface area (Å²) in [4.78, 5) is 0.